The van der Waals surface area contributed by atoms with Crippen LogP contribution in [0.4, 0.5) is 0 Å². The average Bonchev–Trinajstić information content (AvgIpc) is 3.43. The van der Waals surface area contributed by atoms with Gasteiger partial charge in [0.05, 0.1) is 16.4 Å². The first-order valence-electron chi connectivity index (χ1n) is 10.4. The lowest BCUT2D eigenvalue weighted by Gasteiger charge is -2.08. The Bertz CT molecular complexity index is 1220. The van der Waals surface area contributed by atoms with Crippen molar-refractivity contribution in [2.75, 3.05) is 5.75 Å². The number of nitrogens with zero attached hydrogens (tertiary/aromatic N) is 2. The van der Waals surface area contributed by atoms with Gasteiger partial charge in [-0.3, -0.25) is 4.79 Å². The van der Waals surface area contributed by atoms with Gasteiger partial charge >= 0.3 is 0 Å². The Balaban J connectivity index is 1.16. The lowest BCUT2D eigenvalue weighted by Crippen LogP contribution is -2.17. The first-order chi connectivity index (χ1) is 16.1. The van der Waals surface area contributed by atoms with Crippen LogP contribution in [-0.2, 0) is 11.4 Å². The first kappa shape index (κ1) is 23.4. The molecule has 2 heterocycles. The Morgan fingerprint density at radius 1 is 1.24 bits per heavy atom. The van der Waals surface area contributed by atoms with Crippen LogP contribution < -0.4 is 10.2 Å². The number of hydrazone groups is 1. The van der Waals surface area contributed by atoms with Gasteiger partial charge in [-0.2, -0.15) is 5.10 Å². The van der Waals surface area contributed by atoms with Crippen molar-refractivity contribution in [3.63, 3.8) is 0 Å². The van der Waals surface area contributed by atoms with Gasteiger partial charge in [0.1, 0.15) is 6.61 Å². The molecule has 170 valence electrons. The molecule has 0 unspecified atom stereocenters. The van der Waals surface area contributed by atoms with Crippen LogP contribution in [0.5, 0.6) is 5.95 Å². The second kappa shape index (κ2) is 11.4. The molecule has 2 aromatic heterocycles. The fourth-order valence-electron chi connectivity index (χ4n) is 3.00. The molecular weight excluding hydrogens is 478 g/mol. The SMILES string of the molecule is Cc1cccc(Cl)c1COc1ccc(/C=N/NC(=O)CCCSc2nc3ccccc3s2)o1. The molecule has 0 radical (unpaired) electrons. The second-order valence-electron chi connectivity index (χ2n) is 7.17. The molecule has 2 aromatic carbocycles. The van der Waals surface area contributed by atoms with Crippen LogP contribution in [0.15, 0.2) is 68.5 Å². The minimum atomic E-state index is -0.145. The van der Waals surface area contributed by atoms with Crippen molar-refractivity contribution in [2.24, 2.45) is 5.10 Å². The van der Waals surface area contributed by atoms with Crippen molar-refractivity contribution in [1.82, 2.24) is 10.4 Å². The van der Waals surface area contributed by atoms with Crippen molar-refractivity contribution < 1.29 is 13.9 Å². The molecule has 0 bridgehead atoms. The molecule has 0 aliphatic rings. The van der Waals surface area contributed by atoms with Crippen molar-refractivity contribution in [1.29, 1.82) is 0 Å². The molecule has 9 heteroatoms. The van der Waals surface area contributed by atoms with Crippen LogP contribution in [0.3, 0.4) is 0 Å². The number of furan rings is 1. The largest absolute Gasteiger partial charge is 0.460 e. The zero-order valence-electron chi connectivity index (χ0n) is 17.9. The Morgan fingerprint density at radius 3 is 2.97 bits per heavy atom. The molecule has 4 rings (SSSR count). The van der Waals surface area contributed by atoms with Crippen molar-refractivity contribution in [3.8, 4) is 5.95 Å². The second-order valence-corrected chi connectivity index (χ2v) is 9.95. The maximum absolute atomic E-state index is 12.0. The molecule has 0 fully saturated rings. The Hall–Kier alpha value is -2.81. The zero-order valence-corrected chi connectivity index (χ0v) is 20.3. The highest BCUT2D eigenvalue weighted by Gasteiger charge is 2.08. The van der Waals surface area contributed by atoms with Crippen LogP contribution in [0.2, 0.25) is 5.02 Å². The summed E-state index contributed by atoms with van der Waals surface area (Å²) in [6.45, 7) is 2.29. The maximum Gasteiger partial charge on any atom is 0.285 e. The third-order valence-corrected chi connectivity index (χ3v) is 7.36. The van der Waals surface area contributed by atoms with Gasteiger partial charge in [-0.1, -0.05) is 47.6 Å². The summed E-state index contributed by atoms with van der Waals surface area (Å²) in [6.07, 6.45) is 2.57. The van der Waals surface area contributed by atoms with E-state index in [9.17, 15) is 4.79 Å². The van der Waals surface area contributed by atoms with Crippen LogP contribution in [-0.4, -0.2) is 22.9 Å². The molecule has 0 aliphatic heterocycles. The fourth-order valence-corrected chi connectivity index (χ4v) is 5.36. The minimum absolute atomic E-state index is 0.145. The van der Waals surface area contributed by atoms with Gasteiger partial charge in [0, 0.05) is 28.8 Å². The topological polar surface area (TPSA) is 76.7 Å². The van der Waals surface area contributed by atoms with Gasteiger partial charge < -0.3 is 9.15 Å². The number of aryl methyl sites for hydroxylation is 1. The third kappa shape index (κ3) is 6.60. The number of aromatic nitrogens is 1. The van der Waals surface area contributed by atoms with Crippen LogP contribution in [0.1, 0.15) is 29.7 Å². The summed E-state index contributed by atoms with van der Waals surface area (Å²) >= 11 is 9.56. The van der Waals surface area contributed by atoms with E-state index in [-0.39, 0.29) is 5.91 Å². The van der Waals surface area contributed by atoms with Gasteiger partial charge in [-0.15, -0.1) is 11.3 Å². The molecule has 0 spiro atoms. The predicted molar refractivity (Wildman–Crippen MR) is 135 cm³/mol. The average molecular weight is 500 g/mol. The number of nitrogens with one attached hydrogen (secondary N) is 1. The third-order valence-electron chi connectivity index (χ3n) is 4.74. The number of rotatable bonds is 10. The fraction of sp³-hybridized carbons (Fsp3) is 0.208. The highest BCUT2D eigenvalue weighted by molar-refractivity contribution is 8.01. The van der Waals surface area contributed by atoms with Gasteiger partial charge in [0.15, 0.2) is 10.1 Å². The summed E-state index contributed by atoms with van der Waals surface area (Å²) in [4.78, 5) is 16.6. The van der Waals surface area contributed by atoms with E-state index in [0.29, 0.717) is 29.8 Å². The number of thiazole rings is 1. The number of fused-ring (bicyclic) bond motifs is 1. The van der Waals surface area contributed by atoms with Crippen molar-refractivity contribution in [3.05, 3.63) is 76.5 Å². The molecule has 4 aromatic rings. The van der Waals surface area contributed by atoms with E-state index in [0.717, 1.165) is 33.2 Å². The summed E-state index contributed by atoms with van der Waals surface area (Å²) in [6, 6.07) is 17.2. The number of benzene rings is 2. The summed E-state index contributed by atoms with van der Waals surface area (Å²) in [5.41, 5.74) is 5.51. The molecule has 6 nitrogen and oxygen atoms in total. The van der Waals surface area contributed by atoms with Crippen molar-refractivity contribution in [2.45, 2.75) is 30.7 Å². The number of halogens is 1. The molecule has 0 saturated carbocycles. The summed E-state index contributed by atoms with van der Waals surface area (Å²) in [5, 5.41) is 4.61. The number of amides is 1. The smallest absolute Gasteiger partial charge is 0.285 e. The number of thioether (sulfide) groups is 1. The van der Waals surface area contributed by atoms with E-state index >= 15 is 0 Å². The van der Waals surface area contributed by atoms with Crippen LogP contribution in [0, 0.1) is 6.92 Å². The number of hydrogen-bond acceptors (Lipinski definition) is 7. The summed E-state index contributed by atoms with van der Waals surface area (Å²) in [5.74, 6) is 1.51. The molecular formula is C24H22ClN3O3S2. The van der Waals surface area contributed by atoms with Crippen LogP contribution in [0.25, 0.3) is 10.2 Å². The molecule has 0 saturated heterocycles. The molecule has 33 heavy (non-hydrogen) atoms. The standard InChI is InChI=1S/C24H22ClN3O3S2/c1-16-6-4-7-19(25)18(16)15-30-23-12-11-17(31-23)14-26-28-22(29)10-5-13-32-24-27-20-8-2-3-9-21(20)33-24/h2-4,6-9,11-12,14H,5,10,13,15H2,1H3,(H,28,29)/b26-14+. The molecule has 0 atom stereocenters. The van der Waals surface area contributed by atoms with E-state index in [1.165, 1.54) is 10.9 Å². The quantitative estimate of drug-likeness (QED) is 0.117. The first-order valence-corrected chi connectivity index (χ1v) is 12.5. The van der Waals surface area contributed by atoms with Crippen LogP contribution >= 0.6 is 34.7 Å². The number of hydrogen-bond donors (Lipinski definition) is 1. The number of ether oxygens (including phenoxy) is 1. The highest BCUT2D eigenvalue weighted by Crippen LogP contribution is 2.29. The summed E-state index contributed by atoms with van der Waals surface area (Å²) < 4.78 is 13.4. The predicted octanol–water partition coefficient (Wildman–Crippen LogP) is 6.45. The zero-order chi connectivity index (χ0) is 23.0. The summed E-state index contributed by atoms with van der Waals surface area (Å²) in [7, 11) is 0. The highest BCUT2D eigenvalue weighted by atomic mass is 35.5. The molecule has 1 amide bonds. The molecule has 0 aliphatic carbocycles. The lowest BCUT2D eigenvalue weighted by atomic mass is 10.1. The van der Waals surface area contributed by atoms with Gasteiger partial charge in [-0.25, -0.2) is 10.4 Å². The Morgan fingerprint density at radius 2 is 2.12 bits per heavy atom. The van der Waals surface area contributed by atoms with E-state index in [1.54, 1.807) is 35.2 Å². The lowest BCUT2D eigenvalue weighted by molar-refractivity contribution is -0.121. The number of para-hydroxylation sites is 1. The van der Waals surface area contributed by atoms with E-state index in [2.05, 4.69) is 21.6 Å². The number of carbonyl (C=O) groups excluding carboxylic acids is 1. The normalized spacial score (nSPS) is 11.3. The Labute approximate surface area is 205 Å². The van der Waals surface area contributed by atoms with Gasteiger partial charge in [0.25, 0.3) is 5.95 Å². The van der Waals surface area contributed by atoms with E-state index in [1.807, 2.05) is 43.3 Å². The maximum atomic E-state index is 12.0. The van der Waals surface area contributed by atoms with Gasteiger partial charge in [0.2, 0.25) is 5.91 Å². The molecule has 1 N–H and O–H groups in total. The van der Waals surface area contributed by atoms with E-state index < -0.39 is 0 Å². The Kier molecular flexibility index (Phi) is 8.04. The number of carbonyl (C=O) groups is 1. The van der Waals surface area contributed by atoms with E-state index in [4.69, 9.17) is 20.8 Å². The van der Waals surface area contributed by atoms with Gasteiger partial charge in [-0.05, 0) is 43.2 Å². The van der Waals surface area contributed by atoms with Crippen molar-refractivity contribution >= 4 is 57.0 Å². The minimum Gasteiger partial charge on any atom is -0.460 e. The monoisotopic (exact) mass is 499 g/mol.